The van der Waals surface area contributed by atoms with E-state index in [1.807, 2.05) is 35.1 Å². The SMILES string of the molecule is CC1(C)CCC(C23CC(Cl)(C2)C3)=C(CN2CCN(c3ccc(C(=O)NS(=O)(=O)c4ccc(N[C@H](CCN5CCOCC5)CSc5ccccc5)c(S(=O)(=O)C(F)(F)F)c4)cc3)CC2)C1. The number of carbonyl (C=O) groups excluding carboxylic acids is 1. The lowest BCUT2D eigenvalue weighted by Gasteiger charge is -2.70. The molecule has 1 atom stereocenters. The fraction of sp³-hybridized carbons (Fsp3) is 0.543. The molecule has 2 aliphatic heterocycles. The van der Waals surface area contributed by atoms with Crippen LogP contribution in [0.5, 0.6) is 0 Å². The van der Waals surface area contributed by atoms with E-state index in [1.165, 1.54) is 30.3 Å². The molecular formula is C46H57ClF3N5O6S3. The van der Waals surface area contributed by atoms with Crippen LogP contribution in [0.1, 0.15) is 69.2 Å². The molecule has 2 bridgehead atoms. The fourth-order valence-corrected chi connectivity index (χ4v) is 13.9. The predicted octanol–water partition coefficient (Wildman–Crippen LogP) is 8.18. The van der Waals surface area contributed by atoms with Crippen molar-refractivity contribution in [2.24, 2.45) is 10.8 Å². The van der Waals surface area contributed by atoms with E-state index in [2.05, 4.69) is 33.9 Å². The van der Waals surface area contributed by atoms with Crippen molar-refractivity contribution >= 4 is 60.5 Å². The van der Waals surface area contributed by atoms with Gasteiger partial charge < -0.3 is 15.0 Å². The number of anilines is 2. The summed E-state index contributed by atoms with van der Waals surface area (Å²) < 4.78 is 103. The zero-order valence-electron chi connectivity index (χ0n) is 36.3. The molecule has 348 valence electrons. The lowest BCUT2D eigenvalue weighted by molar-refractivity contribution is -0.0511. The number of piperazine rings is 1. The number of alkyl halides is 4. The van der Waals surface area contributed by atoms with Crippen LogP contribution in [0.4, 0.5) is 24.5 Å². The number of allylic oxidation sites excluding steroid dienone is 1. The van der Waals surface area contributed by atoms with Crippen molar-refractivity contribution < 1.29 is 39.5 Å². The minimum absolute atomic E-state index is 0.0121. The van der Waals surface area contributed by atoms with Crippen LogP contribution >= 0.6 is 23.4 Å². The smallest absolute Gasteiger partial charge is 0.380 e. The number of thioether (sulfide) groups is 1. The number of benzene rings is 3. The van der Waals surface area contributed by atoms with E-state index in [0.29, 0.717) is 56.5 Å². The van der Waals surface area contributed by atoms with E-state index < -0.39 is 52.8 Å². The summed E-state index contributed by atoms with van der Waals surface area (Å²) in [7, 11) is -10.9. The van der Waals surface area contributed by atoms with Gasteiger partial charge in [0, 0.05) is 85.2 Å². The van der Waals surface area contributed by atoms with Gasteiger partial charge in [-0.05, 0) is 110 Å². The van der Waals surface area contributed by atoms with Gasteiger partial charge in [0.05, 0.1) is 23.8 Å². The highest BCUT2D eigenvalue weighted by atomic mass is 35.5. The van der Waals surface area contributed by atoms with Crippen molar-refractivity contribution in [3.8, 4) is 0 Å². The first-order chi connectivity index (χ1) is 30.2. The number of sulfone groups is 1. The molecule has 11 nitrogen and oxygen atoms in total. The largest absolute Gasteiger partial charge is 0.501 e. The van der Waals surface area contributed by atoms with Crippen LogP contribution in [0, 0.1) is 10.8 Å². The van der Waals surface area contributed by atoms with Gasteiger partial charge in [-0.3, -0.25) is 14.6 Å². The average Bonchev–Trinajstić information content (AvgIpc) is 3.23. The van der Waals surface area contributed by atoms with Crippen LogP contribution in [0.25, 0.3) is 0 Å². The van der Waals surface area contributed by atoms with Gasteiger partial charge in [-0.15, -0.1) is 23.4 Å². The third-order valence-corrected chi connectivity index (χ3v) is 18.0. The lowest BCUT2D eigenvalue weighted by atomic mass is 9.39. The molecular weight excluding hydrogens is 907 g/mol. The molecule has 4 aliphatic carbocycles. The lowest BCUT2D eigenvalue weighted by Crippen LogP contribution is -2.65. The molecule has 0 radical (unpaired) electrons. The van der Waals surface area contributed by atoms with Crippen LogP contribution in [-0.2, 0) is 24.6 Å². The van der Waals surface area contributed by atoms with Crippen LogP contribution in [-0.4, -0.2) is 120 Å². The number of hydrogen-bond donors (Lipinski definition) is 2. The number of rotatable bonds is 16. The van der Waals surface area contributed by atoms with Crippen molar-refractivity contribution in [2.75, 3.05) is 81.5 Å². The number of halogens is 4. The monoisotopic (exact) mass is 963 g/mol. The number of ether oxygens (including phenoxy) is 1. The second-order valence-corrected chi connectivity index (χ2v) is 24.4. The van der Waals surface area contributed by atoms with Gasteiger partial charge in [0.15, 0.2) is 0 Å². The summed E-state index contributed by atoms with van der Waals surface area (Å²) in [6.45, 7) is 12.0. The molecule has 2 N–H and O–H groups in total. The van der Waals surface area contributed by atoms with E-state index in [9.17, 15) is 34.8 Å². The third kappa shape index (κ3) is 10.5. The quantitative estimate of drug-likeness (QED) is 0.0820. The van der Waals surface area contributed by atoms with Gasteiger partial charge >= 0.3 is 5.51 Å². The maximum atomic E-state index is 14.2. The molecule has 6 aliphatic rings. The van der Waals surface area contributed by atoms with Crippen LogP contribution in [0.3, 0.4) is 0 Å². The van der Waals surface area contributed by atoms with Crippen molar-refractivity contribution in [2.45, 2.75) is 89.9 Å². The van der Waals surface area contributed by atoms with Crippen molar-refractivity contribution in [3.63, 3.8) is 0 Å². The normalized spacial score (nSPS) is 24.7. The number of hydrogen-bond acceptors (Lipinski definition) is 11. The predicted molar refractivity (Wildman–Crippen MR) is 245 cm³/mol. The van der Waals surface area contributed by atoms with Gasteiger partial charge in [-0.2, -0.15) is 13.2 Å². The maximum Gasteiger partial charge on any atom is 0.501 e. The van der Waals surface area contributed by atoms with Crippen LogP contribution in [0.2, 0.25) is 0 Å². The van der Waals surface area contributed by atoms with Gasteiger partial charge in [0.2, 0.25) is 0 Å². The Morgan fingerprint density at radius 1 is 0.891 bits per heavy atom. The summed E-state index contributed by atoms with van der Waals surface area (Å²) in [5, 5.41) is 3.00. The molecule has 18 heteroatoms. The van der Waals surface area contributed by atoms with E-state index >= 15 is 0 Å². The molecule has 64 heavy (non-hydrogen) atoms. The zero-order valence-corrected chi connectivity index (χ0v) is 39.5. The molecule has 3 aromatic carbocycles. The number of amides is 1. The number of nitrogens with zero attached hydrogens (tertiary/aromatic N) is 3. The van der Waals surface area contributed by atoms with Crippen LogP contribution in [0.15, 0.2) is 98.6 Å². The first kappa shape index (κ1) is 47.2. The Labute approximate surface area is 384 Å². The van der Waals surface area contributed by atoms with Gasteiger partial charge in [-0.1, -0.05) is 43.2 Å². The van der Waals surface area contributed by atoms with Crippen LogP contribution < -0.4 is 14.9 Å². The first-order valence-electron chi connectivity index (χ1n) is 22.0. The minimum atomic E-state index is -6.05. The second-order valence-electron chi connectivity index (χ2n) is 18.9. The molecule has 3 saturated carbocycles. The number of morpholine rings is 1. The molecule has 5 fully saturated rings. The number of nitrogens with one attached hydrogen (secondary N) is 2. The van der Waals surface area contributed by atoms with Gasteiger partial charge in [0.1, 0.15) is 4.90 Å². The van der Waals surface area contributed by atoms with Crippen molar-refractivity contribution in [1.29, 1.82) is 0 Å². The van der Waals surface area contributed by atoms with Crippen molar-refractivity contribution in [1.82, 2.24) is 14.5 Å². The molecule has 1 amide bonds. The summed E-state index contributed by atoms with van der Waals surface area (Å²) in [6, 6.07) is 17.8. The summed E-state index contributed by atoms with van der Waals surface area (Å²) in [6.07, 6.45) is 7.26. The Morgan fingerprint density at radius 2 is 1.56 bits per heavy atom. The summed E-state index contributed by atoms with van der Waals surface area (Å²) in [5.74, 6) is -0.636. The summed E-state index contributed by atoms with van der Waals surface area (Å²) in [4.78, 5) is 19.1. The molecule has 0 unspecified atom stereocenters. The second kappa shape index (κ2) is 18.4. The Morgan fingerprint density at radius 3 is 2.20 bits per heavy atom. The molecule has 3 aromatic rings. The fourth-order valence-electron chi connectivity index (χ4n) is 10.1. The Balaban J connectivity index is 0.924. The molecule has 2 heterocycles. The number of sulfonamides is 1. The highest BCUT2D eigenvalue weighted by Gasteiger charge is 2.68. The summed E-state index contributed by atoms with van der Waals surface area (Å²) in [5.41, 5.74) is -1.37. The van der Waals surface area contributed by atoms with Gasteiger partial charge in [0.25, 0.3) is 25.8 Å². The van der Waals surface area contributed by atoms with E-state index in [4.69, 9.17) is 16.3 Å². The standard InChI is InChI=1S/C46H57ClF3N5O6S3/c1-43(2)16-14-39(44-30-45(47,31-44)32-44)34(27-43)28-54-18-20-55(21-19-54)36-10-8-33(9-11-36)42(56)52-64(59,60)38-12-13-40(41(26-38)63(57,58)46(48,49)50)51-35(15-17-53-22-24-61-25-23-53)29-62-37-6-4-3-5-7-37/h3-13,26,35,51H,14-25,27-32H2,1-2H3,(H,52,56)/t35-,44?,45?/m1/s1. The van der Waals surface area contributed by atoms with E-state index in [1.54, 1.807) is 23.3 Å². The van der Waals surface area contributed by atoms with E-state index in [0.717, 1.165) is 87.5 Å². The Hall–Kier alpha value is -3.32. The topological polar surface area (TPSA) is 128 Å². The highest BCUT2D eigenvalue weighted by Crippen LogP contribution is 2.75. The minimum Gasteiger partial charge on any atom is -0.380 e. The van der Waals surface area contributed by atoms with Crippen molar-refractivity contribution in [3.05, 3.63) is 89.5 Å². The first-order valence-corrected chi connectivity index (χ1v) is 26.3. The molecule has 2 saturated heterocycles. The number of carbonyl (C=O) groups is 1. The molecule has 9 rings (SSSR count). The Kier molecular flexibility index (Phi) is 13.6. The Bertz CT molecular complexity index is 2420. The molecule has 0 aromatic heterocycles. The third-order valence-electron chi connectivity index (χ3n) is 13.6. The average molecular weight is 965 g/mol. The molecule has 0 spiro atoms. The van der Waals surface area contributed by atoms with E-state index in [-0.39, 0.29) is 15.9 Å². The van der Waals surface area contributed by atoms with Gasteiger partial charge in [-0.25, -0.2) is 21.6 Å². The highest BCUT2D eigenvalue weighted by molar-refractivity contribution is 7.99. The summed E-state index contributed by atoms with van der Waals surface area (Å²) >= 11 is 8.13. The zero-order chi connectivity index (χ0) is 45.5. The maximum absolute atomic E-state index is 14.2.